The lowest BCUT2D eigenvalue weighted by Gasteiger charge is -2.26. The Bertz CT molecular complexity index is 1630. The van der Waals surface area contributed by atoms with Crippen LogP contribution in [0.15, 0.2) is 49.1 Å². The number of aromatic nitrogens is 6. The Balaban J connectivity index is 1.29. The summed E-state index contributed by atoms with van der Waals surface area (Å²) in [5, 5.41) is 5.11. The molecule has 204 valence electrons. The molecule has 5 heterocycles. The monoisotopic (exact) mass is 538 g/mol. The molecule has 6 rings (SSSR count). The van der Waals surface area contributed by atoms with Crippen LogP contribution < -0.4 is 0 Å². The largest absolute Gasteiger partial charge is 0.327 e. The predicted octanol–water partition coefficient (Wildman–Crippen LogP) is 2.81. The summed E-state index contributed by atoms with van der Waals surface area (Å²) in [5.41, 5.74) is 2.43. The molecule has 1 aliphatic heterocycles. The zero-order valence-corrected chi connectivity index (χ0v) is 22.9. The minimum Gasteiger partial charge on any atom is -0.327 e. The first kappa shape index (κ1) is 25.9. The van der Waals surface area contributed by atoms with Crippen molar-refractivity contribution in [2.45, 2.75) is 51.9 Å². The van der Waals surface area contributed by atoms with Crippen molar-refractivity contribution >= 4 is 28.4 Å². The second kappa shape index (κ2) is 9.67. The third-order valence-electron chi connectivity index (χ3n) is 7.86. The second-order valence-electron chi connectivity index (χ2n) is 11.2. The third kappa shape index (κ3) is 4.56. The Morgan fingerprint density at radius 2 is 1.82 bits per heavy atom. The SMILES string of the molecule is CC(=O)c1nn(CC(=O)N2C(C(=O)c3ccccn3)CC3(C)CC23)c2cnc(-c3cnc(CN(C)C)nc3)cc12. The van der Waals surface area contributed by atoms with Gasteiger partial charge in [0.1, 0.15) is 23.8 Å². The highest BCUT2D eigenvalue weighted by Crippen LogP contribution is 2.59. The van der Waals surface area contributed by atoms with E-state index in [1.807, 2.05) is 19.0 Å². The summed E-state index contributed by atoms with van der Waals surface area (Å²) < 4.78 is 1.52. The summed E-state index contributed by atoms with van der Waals surface area (Å²) in [6.07, 6.45) is 8.09. The molecule has 40 heavy (non-hydrogen) atoms. The number of amides is 1. The van der Waals surface area contributed by atoms with E-state index in [1.54, 1.807) is 54.0 Å². The van der Waals surface area contributed by atoms with Crippen molar-refractivity contribution in [3.63, 3.8) is 0 Å². The van der Waals surface area contributed by atoms with Gasteiger partial charge in [-0.15, -0.1) is 0 Å². The van der Waals surface area contributed by atoms with Crippen LogP contribution >= 0.6 is 0 Å². The van der Waals surface area contributed by atoms with E-state index in [2.05, 4.69) is 32.0 Å². The van der Waals surface area contributed by atoms with Gasteiger partial charge in [0.05, 0.1) is 30.0 Å². The first-order chi connectivity index (χ1) is 19.1. The number of Topliss-reactive ketones (excluding diaryl/α,β-unsaturated/α-hetero) is 2. The maximum Gasteiger partial charge on any atom is 0.245 e. The van der Waals surface area contributed by atoms with Crippen LogP contribution in [0.4, 0.5) is 0 Å². The molecule has 4 aromatic heterocycles. The van der Waals surface area contributed by atoms with Gasteiger partial charge < -0.3 is 9.80 Å². The molecule has 3 unspecified atom stereocenters. The first-order valence-corrected chi connectivity index (χ1v) is 13.2. The van der Waals surface area contributed by atoms with Gasteiger partial charge in [0, 0.05) is 42.5 Å². The highest BCUT2D eigenvalue weighted by molar-refractivity contribution is 6.06. The van der Waals surface area contributed by atoms with Crippen molar-refractivity contribution in [1.82, 2.24) is 39.5 Å². The zero-order chi connectivity index (χ0) is 28.2. The fraction of sp³-hybridized carbons (Fsp3) is 0.379. The fourth-order valence-electron chi connectivity index (χ4n) is 5.71. The minimum atomic E-state index is -0.569. The van der Waals surface area contributed by atoms with E-state index < -0.39 is 6.04 Å². The van der Waals surface area contributed by atoms with E-state index in [-0.39, 0.29) is 41.2 Å². The quantitative estimate of drug-likeness (QED) is 0.311. The molecule has 4 aromatic rings. The van der Waals surface area contributed by atoms with Crippen molar-refractivity contribution in [3.05, 3.63) is 66.3 Å². The van der Waals surface area contributed by atoms with Gasteiger partial charge in [0.2, 0.25) is 11.7 Å². The minimum absolute atomic E-state index is 0.00645. The molecule has 0 aromatic carbocycles. The fourth-order valence-corrected chi connectivity index (χ4v) is 5.71. The normalized spacial score (nSPS) is 21.6. The molecule has 1 amide bonds. The van der Waals surface area contributed by atoms with Gasteiger partial charge in [0.15, 0.2) is 5.78 Å². The van der Waals surface area contributed by atoms with Crippen LogP contribution in [0.1, 0.15) is 53.5 Å². The van der Waals surface area contributed by atoms with Crippen LogP contribution in [0.5, 0.6) is 0 Å². The van der Waals surface area contributed by atoms with E-state index in [0.29, 0.717) is 46.6 Å². The maximum absolute atomic E-state index is 13.7. The average molecular weight is 539 g/mol. The molecule has 0 radical (unpaired) electrons. The van der Waals surface area contributed by atoms with E-state index in [0.717, 1.165) is 6.42 Å². The molecular formula is C29H30N8O3. The van der Waals surface area contributed by atoms with Gasteiger partial charge in [-0.05, 0) is 50.6 Å². The van der Waals surface area contributed by atoms with Gasteiger partial charge in [-0.25, -0.2) is 9.97 Å². The molecular weight excluding hydrogens is 508 g/mol. The van der Waals surface area contributed by atoms with Crippen LogP contribution in [0.3, 0.4) is 0 Å². The molecule has 2 aliphatic rings. The topological polar surface area (TPSA) is 127 Å². The number of ketones is 2. The van der Waals surface area contributed by atoms with Crippen LogP contribution in [0, 0.1) is 5.41 Å². The summed E-state index contributed by atoms with van der Waals surface area (Å²) in [5.74, 6) is 0.111. The van der Waals surface area contributed by atoms with Crippen molar-refractivity contribution in [2.24, 2.45) is 5.41 Å². The second-order valence-corrected chi connectivity index (χ2v) is 11.2. The van der Waals surface area contributed by atoms with Gasteiger partial charge in [0.25, 0.3) is 0 Å². The molecule has 11 heteroatoms. The number of rotatable bonds is 8. The van der Waals surface area contributed by atoms with E-state index in [1.165, 1.54) is 11.6 Å². The first-order valence-electron chi connectivity index (χ1n) is 13.2. The van der Waals surface area contributed by atoms with E-state index in [4.69, 9.17) is 0 Å². The van der Waals surface area contributed by atoms with Crippen LogP contribution in [0.25, 0.3) is 22.2 Å². The summed E-state index contributed by atoms with van der Waals surface area (Å²) in [7, 11) is 3.90. The number of likely N-dealkylation sites (tertiary alicyclic amines) is 1. The predicted molar refractivity (Wildman–Crippen MR) is 146 cm³/mol. The van der Waals surface area contributed by atoms with Crippen molar-refractivity contribution in [2.75, 3.05) is 14.1 Å². The highest BCUT2D eigenvalue weighted by atomic mass is 16.2. The molecule has 1 saturated heterocycles. The summed E-state index contributed by atoms with van der Waals surface area (Å²) in [6, 6.07) is 6.43. The summed E-state index contributed by atoms with van der Waals surface area (Å²) >= 11 is 0. The Hall–Kier alpha value is -4.38. The number of fused-ring (bicyclic) bond motifs is 2. The van der Waals surface area contributed by atoms with Gasteiger partial charge in [-0.1, -0.05) is 13.0 Å². The smallest absolute Gasteiger partial charge is 0.245 e. The molecule has 0 bridgehead atoms. The number of hydrogen-bond acceptors (Lipinski definition) is 9. The van der Waals surface area contributed by atoms with Gasteiger partial charge in [-0.3, -0.25) is 29.0 Å². The van der Waals surface area contributed by atoms with Gasteiger partial charge in [-0.2, -0.15) is 5.10 Å². The molecule has 0 spiro atoms. The van der Waals surface area contributed by atoms with Crippen molar-refractivity contribution in [1.29, 1.82) is 0 Å². The Morgan fingerprint density at radius 3 is 2.50 bits per heavy atom. The number of hydrogen-bond donors (Lipinski definition) is 0. The number of piperidine rings is 1. The molecule has 1 aliphatic carbocycles. The maximum atomic E-state index is 13.7. The third-order valence-corrected chi connectivity index (χ3v) is 7.86. The van der Waals surface area contributed by atoms with Crippen LogP contribution in [0.2, 0.25) is 0 Å². The van der Waals surface area contributed by atoms with Crippen molar-refractivity contribution < 1.29 is 14.4 Å². The Morgan fingerprint density at radius 1 is 1.05 bits per heavy atom. The zero-order valence-electron chi connectivity index (χ0n) is 22.9. The van der Waals surface area contributed by atoms with E-state index >= 15 is 0 Å². The summed E-state index contributed by atoms with van der Waals surface area (Å²) in [4.78, 5) is 60.9. The number of pyridine rings is 2. The molecule has 0 N–H and O–H groups in total. The Labute approximate surface area is 231 Å². The highest BCUT2D eigenvalue weighted by Gasteiger charge is 2.64. The number of nitrogens with zero attached hydrogens (tertiary/aromatic N) is 8. The summed E-state index contributed by atoms with van der Waals surface area (Å²) in [6.45, 7) is 4.08. The van der Waals surface area contributed by atoms with E-state index in [9.17, 15) is 14.4 Å². The Kier molecular flexibility index (Phi) is 6.25. The lowest BCUT2D eigenvalue weighted by atomic mass is 9.97. The van der Waals surface area contributed by atoms with Crippen molar-refractivity contribution in [3.8, 4) is 11.3 Å². The standard InChI is InChI=1S/C29H30N8O3/c1-17(38)27-19-9-21(18-12-32-25(33-13-18)15-35(3)4)31-14-23(19)36(34-27)16-26(39)37-22(10-29(2)11-24(29)37)28(40)20-7-5-6-8-30-20/h5-9,12-14,22,24H,10-11,15-16H2,1-4H3. The molecule has 11 nitrogen and oxygen atoms in total. The number of carbonyl (C=O) groups is 3. The lowest BCUT2D eigenvalue weighted by Crippen LogP contribution is -2.45. The molecule has 1 saturated carbocycles. The molecule has 3 atom stereocenters. The molecule has 2 fully saturated rings. The van der Waals surface area contributed by atoms with Crippen LogP contribution in [-0.4, -0.2) is 83.2 Å². The van der Waals surface area contributed by atoms with Gasteiger partial charge >= 0.3 is 0 Å². The lowest BCUT2D eigenvalue weighted by molar-refractivity contribution is -0.133. The van der Waals surface area contributed by atoms with Crippen LogP contribution in [-0.2, 0) is 17.9 Å². The number of carbonyl (C=O) groups excluding carboxylic acids is 3. The average Bonchev–Trinajstić information content (AvgIpc) is 3.30.